The number of benzene rings is 1. The van der Waals surface area contributed by atoms with Crippen molar-refractivity contribution < 1.29 is 14.3 Å². The van der Waals surface area contributed by atoms with Crippen molar-refractivity contribution in [3.8, 4) is 5.75 Å². The monoisotopic (exact) mass is 261 g/mol. The maximum absolute atomic E-state index is 12.0. The quantitative estimate of drug-likeness (QED) is 0.656. The number of ether oxygens (including phenoxy) is 1. The van der Waals surface area contributed by atoms with Crippen LogP contribution in [0.1, 0.15) is 23.1 Å². The van der Waals surface area contributed by atoms with Crippen LogP contribution in [0, 0.1) is 6.92 Å². The number of aromatic nitrogens is 2. The van der Waals surface area contributed by atoms with E-state index < -0.39 is 5.97 Å². The second kappa shape index (κ2) is 4.72. The summed E-state index contributed by atoms with van der Waals surface area (Å²) in [6, 6.07) is 3.23. The molecule has 0 fully saturated rings. The van der Waals surface area contributed by atoms with Crippen LogP contribution in [0.25, 0.3) is 11.0 Å². The van der Waals surface area contributed by atoms with Gasteiger partial charge in [0.1, 0.15) is 11.3 Å². The zero-order chi connectivity index (χ0) is 14.2. The molecule has 1 aromatic carbocycles. The van der Waals surface area contributed by atoms with Crippen molar-refractivity contribution in [1.29, 1.82) is 0 Å². The minimum Gasteiger partial charge on any atom is -0.424 e. The summed E-state index contributed by atoms with van der Waals surface area (Å²) in [6.45, 7) is 3.11. The molecule has 6 nitrogen and oxygen atoms in total. The van der Waals surface area contributed by atoms with Crippen LogP contribution in [0.15, 0.2) is 12.1 Å². The van der Waals surface area contributed by atoms with E-state index in [1.807, 2.05) is 0 Å². The summed E-state index contributed by atoms with van der Waals surface area (Å²) in [7, 11) is 3.33. The zero-order valence-electron chi connectivity index (χ0n) is 11.3. The molecule has 0 saturated heterocycles. The standard InChI is InChI=1S/C13H15N3O3/c1-7-14-10-5-9(13(18)16(3)4)6-11(12(10)15-7)19-8(2)17/h5-6H,1-4H3,(H,14,15). The topological polar surface area (TPSA) is 75.3 Å². The number of hydrogen-bond acceptors (Lipinski definition) is 4. The smallest absolute Gasteiger partial charge is 0.308 e. The number of rotatable bonds is 2. The van der Waals surface area contributed by atoms with Gasteiger partial charge in [0, 0.05) is 26.6 Å². The lowest BCUT2D eigenvalue weighted by Crippen LogP contribution is -2.21. The molecular weight excluding hydrogens is 246 g/mol. The van der Waals surface area contributed by atoms with Gasteiger partial charge in [0.2, 0.25) is 0 Å². The van der Waals surface area contributed by atoms with Gasteiger partial charge >= 0.3 is 5.97 Å². The maximum Gasteiger partial charge on any atom is 0.308 e. The molecule has 0 aliphatic heterocycles. The van der Waals surface area contributed by atoms with E-state index in [2.05, 4.69) is 9.97 Å². The Hall–Kier alpha value is -2.37. The summed E-state index contributed by atoms with van der Waals surface area (Å²) in [5, 5.41) is 0. The minimum absolute atomic E-state index is 0.164. The molecule has 6 heteroatoms. The second-order valence-corrected chi connectivity index (χ2v) is 4.49. The molecule has 0 unspecified atom stereocenters. The van der Waals surface area contributed by atoms with E-state index in [0.29, 0.717) is 28.2 Å². The molecule has 100 valence electrons. The second-order valence-electron chi connectivity index (χ2n) is 4.49. The Morgan fingerprint density at radius 3 is 2.58 bits per heavy atom. The van der Waals surface area contributed by atoms with E-state index in [1.54, 1.807) is 27.1 Å². The summed E-state index contributed by atoms with van der Waals surface area (Å²) in [5.74, 6) is 0.372. The molecule has 1 amide bonds. The van der Waals surface area contributed by atoms with Gasteiger partial charge < -0.3 is 14.6 Å². The Labute approximate surface area is 110 Å². The molecule has 0 aliphatic rings. The molecule has 0 atom stereocenters. The first-order valence-electron chi connectivity index (χ1n) is 5.79. The van der Waals surface area contributed by atoms with Crippen LogP contribution in [0.4, 0.5) is 0 Å². The van der Waals surface area contributed by atoms with Crippen molar-refractivity contribution in [3.63, 3.8) is 0 Å². The molecule has 19 heavy (non-hydrogen) atoms. The van der Waals surface area contributed by atoms with Crippen molar-refractivity contribution in [2.24, 2.45) is 0 Å². The largest absolute Gasteiger partial charge is 0.424 e. The highest BCUT2D eigenvalue weighted by Crippen LogP contribution is 2.26. The van der Waals surface area contributed by atoms with Gasteiger partial charge in [0.15, 0.2) is 5.75 Å². The lowest BCUT2D eigenvalue weighted by atomic mass is 10.1. The fourth-order valence-corrected chi connectivity index (χ4v) is 1.82. The molecule has 0 saturated carbocycles. The Balaban J connectivity index is 2.62. The van der Waals surface area contributed by atoms with Gasteiger partial charge in [-0.3, -0.25) is 9.59 Å². The van der Waals surface area contributed by atoms with Gasteiger partial charge in [-0.1, -0.05) is 0 Å². The molecule has 2 aromatic rings. The molecule has 0 radical (unpaired) electrons. The summed E-state index contributed by atoms with van der Waals surface area (Å²) in [6.07, 6.45) is 0. The summed E-state index contributed by atoms with van der Waals surface area (Å²) in [4.78, 5) is 31.9. The predicted octanol–water partition coefficient (Wildman–Crippen LogP) is 1.50. The van der Waals surface area contributed by atoms with Crippen LogP contribution in [0.2, 0.25) is 0 Å². The number of carbonyl (C=O) groups excluding carboxylic acids is 2. The number of amides is 1. The van der Waals surface area contributed by atoms with Crippen LogP contribution >= 0.6 is 0 Å². The van der Waals surface area contributed by atoms with E-state index in [-0.39, 0.29) is 5.91 Å². The molecule has 2 rings (SSSR count). The first-order valence-corrected chi connectivity index (χ1v) is 5.79. The number of carbonyl (C=O) groups is 2. The van der Waals surface area contributed by atoms with Crippen molar-refractivity contribution in [3.05, 3.63) is 23.5 Å². The van der Waals surface area contributed by atoms with Gasteiger partial charge in [-0.2, -0.15) is 0 Å². The predicted molar refractivity (Wildman–Crippen MR) is 70.2 cm³/mol. The molecule has 1 N–H and O–H groups in total. The highest BCUT2D eigenvalue weighted by molar-refractivity contribution is 5.99. The lowest BCUT2D eigenvalue weighted by molar-refractivity contribution is -0.131. The SMILES string of the molecule is CC(=O)Oc1cc(C(=O)N(C)C)cc2[nH]c(C)nc12. The average Bonchev–Trinajstić information content (AvgIpc) is 2.67. The average molecular weight is 261 g/mol. The first kappa shape index (κ1) is 13.1. The summed E-state index contributed by atoms with van der Waals surface area (Å²) < 4.78 is 5.12. The van der Waals surface area contributed by atoms with Crippen LogP contribution in [0.5, 0.6) is 5.75 Å². The van der Waals surface area contributed by atoms with Gasteiger partial charge in [-0.15, -0.1) is 0 Å². The fourth-order valence-electron chi connectivity index (χ4n) is 1.82. The normalized spacial score (nSPS) is 10.5. The number of nitrogens with one attached hydrogen (secondary N) is 1. The third-order valence-corrected chi connectivity index (χ3v) is 2.58. The van der Waals surface area contributed by atoms with Gasteiger partial charge in [0.25, 0.3) is 5.91 Å². The maximum atomic E-state index is 12.0. The van der Waals surface area contributed by atoms with Crippen LogP contribution < -0.4 is 4.74 Å². The molecular formula is C13H15N3O3. The molecule has 0 bridgehead atoms. The van der Waals surface area contributed by atoms with Crippen molar-refractivity contribution in [1.82, 2.24) is 14.9 Å². The third kappa shape index (κ3) is 2.57. The van der Waals surface area contributed by atoms with Crippen LogP contribution in [-0.4, -0.2) is 40.8 Å². The number of esters is 1. The van der Waals surface area contributed by atoms with E-state index in [1.165, 1.54) is 17.9 Å². The Morgan fingerprint density at radius 2 is 2.00 bits per heavy atom. The number of hydrogen-bond donors (Lipinski definition) is 1. The Kier molecular flexibility index (Phi) is 3.25. The number of H-pyrrole nitrogens is 1. The van der Waals surface area contributed by atoms with E-state index in [4.69, 9.17) is 4.74 Å². The van der Waals surface area contributed by atoms with Crippen LogP contribution in [0.3, 0.4) is 0 Å². The van der Waals surface area contributed by atoms with Gasteiger partial charge in [-0.25, -0.2) is 4.98 Å². The summed E-state index contributed by atoms with van der Waals surface area (Å²) in [5.41, 5.74) is 1.65. The number of nitrogens with zero attached hydrogens (tertiary/aromatic N) is 2. The Morgan fingerprint density at radius 1 is 1.32 bits per heavy atom. The van der Waals surface area contributed by atoms with E-state index in [0.717, 1.165) is 0 Å². The van der Waals surface area contributed by atoms with Crippen molar-refractivity contribution >= 4 is 22.9 Å². The lowest BCUT2D eigenvalue weighted by Gasteiger charge is -2.11. The van der Waals surface area contributed by atoms with E-state index >= 15 is 0 Å². The molecule has 1 aromatic heterocycles. The zero-order valence-corrected chi connectivity index (χ0v) is 11.3. The van der Waals surface area contributed by atoms with Crippen LogP contribution in [-0.2, 0) is 4.79 Å². The Bertz CT molecular complexity index is 658. The highest BCUT2D eigenvalue weighted by atomic mass is 16.5. The molecule has 1 heterocycles. The molecule has 0 spiro atoms. The minimum atomic E-state index is -0.448. The third-order valence-electron chi connectivity index (χ3n) is 2.58. The number of aryl methyl sites for hydroxylation is 1. The van der Waals surface area contributed by atoms with Crippen molar-refractivity contribution in [2.45, 2.75) is 13.8 Å². The first-order chi connectivity index (χ1) is 8.88. The van der Waals surface area contributed by atoms with Crippen molar-refractivity contribution in [2.75, 3.05) is 14.1 Å². The fraction of sp³-hybridized carbons (Fsp3) is 0.308. The molecule has 0 aliphatic carbocycles. The number of imidazole rings is 1. The van der Waals surface area contributed by atoms with Gasteiger partial charge in [0.05, 0.1) is 5.52 Å². The number of fused-ring (bicyclic) bond motifs is 1. The van der Waals surface area contributed by atoms with Gasteiger partial charge in [-0.05, 0) is 19.1 Å². The van der Waals surface area contributed by atoms with E-state index in [9.17, 15) is 9.59 Å². The highest BCUT2D eigenvalue weighted by Gasteiger charge is 2.16. The summed E-state index contributed by atoms with van der Waals surface area (Å²) >= 11 is 0. The number of aromatic amines is 1.